The van der Waals surface area contributed by atoms with E-state index in [1.54, 1.807) is 12.1 Å². The minimum Gasteiger partial charge on any atom is -0.207 e. The number of thioether (sulfide) groups is 1. The summed E-state index contributed by atoms with van der Waals surface area (Å²) in [5.41, 5.74) is 0. The molecule has 0 saturated carbocycles. The number of rotatable bonds is 1. The molecule has 47 valence electrons. The average molecular weight is 141 g/mol. The van der Waals surface area contributed by atoms with Crippen LogP contribution in [0.5, 0.6) is 0 Å². The molecule has 2 heteroatoms. The fraction of sp³-hybridized carbons (Fsp3) is 0. The Kier molecular flexibility index (Phi) is 2.11. The Morgan fingerprint density at radius 2 is 1.78 bits per heavy atom. The summed E-state index contributed by atoms with van der Waals surface area (Å²) in [7, 11) is 0. The van der Waals surface area contributed by atoms with Gasteiger partial charge in [0.15, 0.2) is 0 Å². The van der Waals surface area contributed by atoms with Crippen LogP contribution in [-0.2, 0) is 0 Å². The summed E-state index contributed by atoms with van der Waals surface area (Å²) in [4.78, 5) is 0.983. The van der Waals surface area contributed by atoms with E-state index in [1.807, 2.05) is 0 Å². The Morgan fingerprint density at radius 3 is 2.22 bits per heavy atom. The molecule has 9 heavy (non-hydrogen) atoms. The van der Waals surface area contributed by atoms with E-state index in [1.165, 1.54) is 23.9 Å². The summed E-state index contributed by atoms with van der Waals surface area (Å²) in [6, 6.07) is 6.25. The van der Waals surface area contributed by atoms with Gasteiger partial charge in [-0.25, -0.2) is 4.39 Å². The van der Waals surface area contributed by atoms with E-state index >= 15 is 0 Å². The van der Waals surface area contributed by atoms with Gasteiger partial charge in [0.05, 0.1) is 0 Å². The standard InChI is InChI=1S/C7H6FS/c1-9-7-4-2-6(8)3-5-7/h2-5H,1H2. The van der Waals surface area contributed by atoms with E-state index in [0.717, 1.165) is 4.90 Å². The van der Waals surface area contributed by atoms with Crippen molar-refractivity contribution in [1.29, 1.82) is 0 Å². The van der Waals surface area contributed by atoms with Crippen molar-refractivity contribution >= 4 is 11.8 Å². The molecule has 0 N–H and O–H groups in total. The van der Waals surface area contributed by atoms with E-state index in [-0.39, 0.29) is 5.82 Å². The highest BCUT2D eigenvalue weighted by Gasteiger charge is 1.88. The van der Waals surface area contributed by atoms with Crippen molar-refractivity contribution in [3.05, 3.63) is 36.3 Å². The summed E-state index contributed by atoms with van der Waals surface area (Å²) in [5, 5.41) is 0. The molecule has 1 rings (SSSR count). The van der Waals surface area contributed by atoms with E-state index < -0.39 is 0 Å². The maximum Gasteiger partial charge on any atom is 0.123 e. The smallest absolute Gasteiger partial charge is 0.123 e. The molecule has 1 aromatic rings. The summed E-state index contributed by atoms with van der Waals surface area (Å²) >= 11 is 1.36. The first-order valence-electron chi connectivity index (χ1n) is 2.50. The average Bonchev–Trinajstić information content (AvgIpc) is 1.90. The van der Waals surface area contributed by atoms with Gasteiger partial charge < -0.3 is 0 Å². The van der Waals surface area contributed by atoms with Crippen LogP contribution in [0.4, 0.5) is 4.39 Å². The highest BCUT2D eigenvalue weighted by atomic mass is 32.2. The molecule has 1 radical (unpaired) electrons. The molecule has 0 fully saturated rings. The van der Waals surface area contributed by atoms with Gasteiger partial charge in [0, 0.05) is 11.2 Å². The summed E-state index contributed by atoms with van der Waals surface area (Å²) in [6.07, 6.45) is 3.58. The predicted octanol–water partition coefficient (Wildman–Crippen LogP) is 2.71. The lowest BCUT2D eigenvalue weighted by molar-refractivity contribution is 0.626. The van der Waals surface area contributed by atoms with E-state index in [4.69, 9.17) is 0 Å². The Morgan fingerprint density at radius 1 is 1.22 bits per heavy atom. The van der Waals surface area contributed by atoms with Crippen molar-refractivity contribution in [3.63, 3.8) is 0 Å². The Labute approximate surface area is 58.1 Å². The van der Waals surface area contributed by atoms with Crippen LogP contribution in [0.1, 0.15) is 0 Å². The van der Waals surface area contributed by atoms with Crippen LogP contribution in [0.2, 0.25) is 0 Å². The van der Waals surface area contributed by atoms with Crippen molar-refractivity contribution in [1.82, 2.24) is 0 Å². The molecule has 0 aliphatic rings. The quantitative estimate of drug-likeness (QED) is 0.542. The zero-order valence-electron chi connectivity index (χ0n) is 4.80. The fourth-order valence-electron chi connectivity index (χ4n) is 0.531. The third-order valence-corrected chi connectivity index (χ3v) is 1.59. The van der Waals surface area contributed by atoms with Crippen molar-refractivity contribution in [2.24, 2.45) is 0 Å². The maximum absolute atomic E-state index is 12.2. The predicted molar refractivity (Wildman–Crippen MR) is 37.6 cm³/mol. The lowest BCUT2D eigenvalue weighted by atomic mass is 10.4. The monoisotopic (exact) mass is 141 g/mol. The zero-order chi connectivity index (χ0) is 6.69. The van der Waals surface area contributed by atoms with Crippen LogP contribution in [-0.4, -0.2) is 0 Å². The Balaban J connectivity index is 2.88. The SMILES string of the molecule is [CH2]Sc1ccc(F)cc1. The van der Waals surface area contributed by atoms with Crippen LogP contribution < -0.4 is 0 Å². The van der Waals surface area contributed by atoms with Crippen LogP contribution >= 0.6 is 11.8 Å². The summed E-state index contributed by atoms with van der Waals surface area (Å²) < 4.78 is 12.2. The second kappa shape index (κ2) is 2.87. The molecule has 0 aliphatic carbocycles. The minimum atomic E-state index is -0.201. The van der Waals surface area contributed by atoms with Gasteiger partial charge in [0.2, 0.25) is 0 Å². The summed E-state index contributed by atoms with van der Waals surface area (Å²) in [6.45, 7) is 0. The van der Waals surface area contributed by atoms with Gasteiger partial charge in [0.1, 0.15) is 5.82 Å². The Hall–Kier alpha value is -0.500. The number of benzene rings is 1. The van der Waals surface area contributed by atoms with Gasteiger partial charge in [-0.15, -0.1) is 11.8 Å². The molecule has 0 saturated heterocycles. The van der Waals surface area contributed by atoms with E-state index in [9.17, 15) is 4.39 Å². The summed E-state index contributed by atoms with van der Waals surface area (Å²) in [5.74, 6) is -0.201. The third-order valence-electron chi connectivity index (χ3n) is 0.980. The second-order valence-corrected chi connectivity index (χ2v) is 2.36. The molecule has 0 spiro atoms. The molecule has 0 nitrogen and oxygen atoms in total. The molecule has 0 bridgehead atoms. The number of hydrogen-bond acceptors (Lipinski definition) is 1. The van der Waals surface area contributed by atoms with E-state index in [0.29, 0.717) is 0 Å². The number of halogens is 1. The normalized spacial score (nSPS) is 9.56. The first-order valence-corrected chi connectivity index (χ1v) is 3.49. The molecule has 0 aliphatic heterocycles. The lowest BCUT2D eigenvalue weighted by Gasteiger charge is -1.91. The molecule has 0 amide bonds. The molecule has 0 heterocycles. The topological polar surface area (TPSA) is 0 Å². The van der Waals surface area contributed by atoms with Crippen LogP contribution in [0, 0.1) is 12.1 Å². The lowest BCUT2D eigenvalue weighted by Crippen LogP contribution is -1.70. The Bertz CT molecular complexity index is 181. The van der Waals surface area contributed by atoms with Crippen molar-refractivity contribution < 1.29 is 4.39 Å². The van der Waals surface area contributed by atoms with Gasteiger partial charge >= 0.3 is 0 Å². The van der Waals surface area contributed by atoms with Gasteiger partial charge in [-0.2, -0.15) is 0 Å². The molecule has 0 unspecified atom stereocenters. The molecule has 1 aromatic carbocycles. The number of hydrogen-bond donors (Lipinski definition) is 0. The first-order chi connectivity index (χ1) is 4.33. The highest BCUT2D eigenvalue weighted by Crippen LogP contribution is 2.15. The molecule has 0 atom stereocenters. The molecular formula is C7H6FS. The van der Waals surface area contributed by atoms with Crippen molar-refractivity contribution in [2.75, 3.05) is 0 Å². The minimum absolute atomic E-state index is 0.201. The zero-order valence-corrected chi connectivity index (χ0v) is 5.62. The highest BCUT2D eigenvalue weighted by molar-refractivity contribution is 8.00. The second-order valence-electron chi connectivity index (χ2n) is 1.60. The van der Waals surface area contributed by atoms with Gasteiger partial charge in [0.25, 0.3) is 0 Å². The fourth-order valence-corrected chi connectivity index (χ4v) is 0.859. The largest absolute Gasteiger partial charge is 0.207 e. The van der Waals surface area contributed by atoms with Gasteiger partial charge in [-0.3, -0.25) is 0 Å². The van der Waals surface area contributed by atoms with Crippen molar-refractivity contribution in [2.45, 2.75) is 4.90 Å². The van der Waals surface area contributed by atoms with Crippen LogP contribution in [0.25, 0.3) is 0 Å². The first kappa shape index (κ1) is 6.62. The molecule has 0 aromatic heterocycles. The van der Waals surface area contributed by atoms with E-state index in [2.05, 4.69) is 6.26 Å². The molecular weight excluding hydrogens is 135 g/mol. The van der Waals surface area contributed by atoms with Crippen molar-refractivity contribution in [3.8, 4) is 0 Å². The maximum atomic E-state index is 12.2. The van der Waals surface area contributed by atoms with Crippen LogP contribution in [0.3, 0.4) is 0 Å². The van der Waals surface area contributed by atoms with Gasteiger partial charge in [-0.1, -0.05) is 0 Å². The van der Waals surface area contributed by atoms with Gasteiger partial charge in [-0.05, 0) is 24.3 Å². The third kappa shape index (κ3) is 1.72. The van der Waals surface area contributed by atoms with Crippen LogP contribution in [0.15, 0.2) is 29.2 Å².